The topological polar surface area (TPSA) is 24.4 Å². The molecule has 0 aromatic carbocycles. The minimum absolute atomic E-state index is 0.733. The molecule has 136 valence electrons. The van der Waals surface area contributed by atoms with E-state index in [-0.39, 0.29) is 0 Å². The molecule has 0 fully saturated rings. The van der Waals surface area contributed by atoms with E-state index in [2.05, 4.69) is 33.1 Å². The van der Waals surface area contributed by atoms with Crippen molar-refractivity contribution in [1.82, 2.24) is 5.43 Å². The molecule has 0 aliphatic carbocycles. The van der Waals surface area contributed by atoms with E-state index in [9.17, 15) is 0 Å². The molecule has 0 aromatic rings. The van der Waals surface area contributed by atoms with Crippen molar-refractivity contribution in [3.8, 4) is 0 Å². The Hall–Kier alpha value is -0.530. The summed E-state index contributed by atoms with van der Waals surface area (Å²) in [6.45, 7) is 10.4. The summed E-state index contributed by atoms with van der Waals surface area (Å²) >= 11 is 0. The first-order valence-corrected chi connectivity index (χ1v) is 10.5. The monoisotopic (exact) mass is 322 g/mol. The summed E-state index contributed by atoms with van der Waals surface area (Å²) in [6, 6.07) is 0. The maximum Gasteiger partial charge on any atom is 0.0409 e. The van der Waals surface area contributed by atoms with Crippen molar-refractivity contribution in [2.45, 2.75) is 105 Å². The fraction of sp³-hybridized carbons (Fsp3) is 0.952. The van der Waals surface area contributed by atoms with Gasteiger partial charge in [0.05, 0.1) is 0 Å². The highest BCUT2D eigenvalue weighted by molar-refractivity contribution is 5.86. The first-order chi connectivity index (χ1) is 11.2. The van der Waals surface area contributed by atoms with Crippen LogP contribution in [-0.2, 0) is 0 Å². The Morgan fingerprint density at radius 3 is 2.09 bits per heavy atom. The largest absolute Gasteiger partial charge is 0.310 e. The number of hydrogen-bond acceptors (Lipinski definition) is 2. The van der Waals surface area contributed by atoms with E-state index in [1.54, 1.807) is 0 Å². The van der Waals surface area contributed by atoms with Crippen LogP contribution in [0.2, 0.25) is 0 Å². The van der Waals surface area contributed by atoms with Crippen LogP contribution in [0.1, 0.15) is 105 Å². The number of hydrazone groups is 1. The van der Waals surface area contributed by atoms with Gasteiger partial charge in [0.1, 0.15) is 0 Å². The maximum absolute atomic E-state index is 4.83. The fourth-order valence-electron chi connectivity index (χ4n) is 3.62. The lowest BCUT2D eigenvalue weighted by molar-refractivity contribution is 0.342. The molecule has 23 heavy (non-hydrogen) atoms. The quantitative estimate of drug-likeness (QED) is 0.428. The molecule has 0 amide bonds. The van der Waals surface area contributed by atoms with E-state index >= 15 is 0 Å². The number of unbranched alkanes of at least 4 members (excludes halogenated alkanes) is 6. The molecule has 2 unspecified atom stereocenters. The molecule has 2 nitrogen and oxygen atoms in total. The van der Waals surface area contributed by atoms with Gasteiger partial charge in [0.2, 0.25) is 0 Å². The average Bonchev–Trinajstić information content (AvgIpc) is 2.55. The van der Waals surface area contributed by atoms with E-state index in [0.29, 0.717) is 0 Å². The van der Waals surface area contributed by atoms with E-state index in [1.165, 1.54) is 82.8 Å². The van der Waals surface area contributed by atoms with Crippen molar-refractivity contribution in [1.29, 1.82) is 0 Å². The Bertz CT molecular complexity index is 299. The molecule has 0 aromatic heterocycles. The van der Waals surface area contributed by atoms with Gasteiger partial charge in [-0.15, -0.1) is 0 Å². The Morgan fingerprint density at radius 1 is 0.913 bits per heavy atom. The molecule has 1 heterocycles. The Morgan fingerprint density at radius 2 is 1.52 bits per heavy atom. The number of nitrogens with one attached hydrogen (secondary N) is 1. The Kier molecular flexibility index (Phi) is 11.5. The van der Waals surface area contributed by atoms with Gasteiger partial charge in [0.15, 0.2) is 0 Å². The van der Waals surface area contributed by atoms with Crippen LogP contribution in [0.4, 0.5) is 0 Å². The molecule has 0 bridgehead atoms. The van der Waals surface area contributed by atoms with Crippen LogP contribution in [-0.4, -0.2) is 12.3 Å². The maximum atomic E-state index is 4.83. The number of nitrogens with zero attached hydrogens (tertiary/aromatic N) is 1. The molecule has 1 aliphatic heterocycles. The zero-order valence-corrected chi connectivity index (χ0v) is 16.4. The summed E-state index contributed by atoms with van der Waals surface area (Å²) < 4.78 is 0. The minimum atomic E-state index is 0.733. The van der Waals surface area contributed by atoms with Crippen molar-refractivity contribution >= 4 is 5.71 Å². The highest BCUT2D eigenvalue weighted by Gasteiger charge is 2.21. The third-order valence-electron chi connectivity index (χ3n) is 5.75. The van der Waals surface area contributed by atoms with Crippen LogP contribution in [0.3, 0.4) is 0 Å². The van der Waals surface area contributed by atoms with Gasteiger partial charge in [0.25, 0.3) is 0 Å². The predicted octanol–water partition coefficient (Wildman–Crippen LogP) is 6.56. The van der Waals surface area contributed by atoms with Crippen molar-refractivity contribution in [2.75, 3.05) is 6.54 Å². The van der Waals surface area contributed by atoms with Gasteiger partial charge >= 0.3 is 0 Å². The van der Waals surface area contributed by atoms with Gasteiger partial charge < -0.3 is 5.43 Å². The minimum Gasteiger partial charge on any atom is -0.310 e. The summed E-state index contributed by atoms with van der Waals surface area (Å²) in [5.41, 5.74) is 4.87. The van der Waals surface area contributed by atoms with Crippen LogP contribution in [0, 0.1) is 17.8 Å². The highest BCUT2D eigenvalue weighted by Crippen LogP contribution is 2.26. The number of rotatable bonds is 11. The van der Waals surface area contributed by atoms with Gasteiger partial charge in [-0.2, -0.15) is 5.10 Å². The smallest absolute Gasteiger partial charge is 0.0409 e. The van der Waals surface area contributed by atoms with Crippen LogP contribution in [0.25, 0.3) is 0 Å². The lowest BCUT2D eigenvalue weighted by Crippen LogP contribution is -2.29. The summed E-state index contributed by atoms with van der Waals surface area (Å²) in [5, 5.41) is 4.83. The second-order valence-corrected chi connectivity index (χ2v) is 7.85. The second kappa shape index (κ2) is 12.8. The molecule has 1 N–H and O–H groups in total. The number of hydrogen-bond donors (Lipinski definition) is 1. The van der Waals surface area contributed by atoms with Crippen LogP contribution in [0.15, 0.2) is 5.10 Å². The average molecular weight is 323 g/mol. The normalized spacial score (nSPS) is 24.7. The van der Waals surface area contributed by atoms with Gasteiger partial charge in [-0.25, -0.2) is 0 Å². The first-order valence-electron chi connectivity index (χ1n) is 10.5. The summed E-state index contributed by atoms with van der Waals surface area (Å²) in [6.07, 6.45) is 16.3. The molecule has 0 spiro atoms. The molecule has 2 atom stereocenters. The van der Waals surface area contributed by atoms with Gasteiger partial charge in [-0.05, 0) is 43.4 Å². The van der Waals surface area contributed by atoms with Crippen molar-refractivity contribution in [3.05, 3.63) is 0 Å². The third kappa shape index (κ3) is 8.77. The standard InChI is InChI=1S/C21H42N2/c1-5-7-9-11-13-20(14-12-10-8-6-2)21-16-15-18(3)19(4)17-22-23-21/h18-20,22H,5-17H2,1-4H3/b23-21+. The second-order valence-electron chi connectivity index (χ2n) is 7.85. The summed E-state index contributed by atoms with van der Waals surface area (Å²) in [4.78, 5) is 0. The lowest BCUT2D eigenvalue weighted by atomic mass is 9.84. The Balaban J connectivity index is 2.54. The molecule has 1 rings (SSSR count). The van der Waals surface area contributed by atoms with Crippen LogP contribution >= 0.6 is 0 Å². The zero-order chi connectivity index (χ0) is 16.9. The van der Waals surface area contributed by atoms with Crippen molar-refractivity contribution < 1.29 is 0 Å². The SMILES string of the molecule is CCCCCCC(CCCCCC)/C1=N/NCC(C)C(C)CC1. The summed E-state index contributed by atoms with van der Waals surface area (Å²) in [7, 11) is 0. The van der Waals surface area contributed by atoms with E-state index in [4.69, 9.17) is 5.10 Å². The van der Waals surface area contributed by atoms with Crippen molar-refractivity contribution in [2.24, 2.45) is 22.9 Å². The predicted molar refractivity (Wildman–Crippen MR) is 104 cm³/mol. The summed E-state index contributed by atoms with van der Waals surface area (Å²) in [5.74, 6) is 2.29. The van der Waals surface area contributed by atoms with E-state index < -0.39 is 0 Å². The molecule has 0 saturated carbocycles. The first kappa shape index (κ1) is 20.5. The van der Waals surface area contributed by atoms with Gasteiger partial charge in [-0.1, -0.05) is 79.1 Å². The zero-order valence-electron chi connectivity index (χ0n) is 16.4. The molecule has 0 radical (unpaired) electrons. The van der Waals surface area contributed by atoms with Gasteiger partial charge in [0, 0.05) is 12.3 Å². The Labute approximate surface area is 145 Å². The fourth-order valence-corrected chi connectivity index (χ4v) is 3.62. The van der Waals surface area contributed by atoms with Gasteiger partial charge in [-0.3, -0.25) is 0 Å². The molecular formula is C21H42N2. The highest BCUT2D eigenvalue weighted by atomic mass is 15.3. The van der Waals surface area contributed by atoms with E-state index in [0.717, 1.165) is 24.3 Å². The van der Waals surface area contributed by atoms with Crippen LogP contribution in [0.5, 0.6) is 0 Å². The third-order valence-corrected chi connectivity index (χ3v) is 5.75. The van der Waals surface area contributed by atoms with Crippen LogP contribution < -0.4 is 5.43 Å². The molecule has 2 heteroatoms. The van der Waals surface area contributed by atoms with Crippen molar-refractivity contribution in [3.63, 3.8) is 0 Å². The molecular weight excluding hydrogens is 280 g/mol. The lowest BCUT2D eigenvalue weighted by Gasteiger charge is -2.26. The molecule has 1 aliphatic rings. The molecule has 0 saturated heterocycles. The van der Waals surface area contributed by atoms with E-state index in [1.807, 2.05) is 0 Å².